The van der Waals surface area contributed by atoms with E-state index in [9.17, 15) is 14.4 Å². The maximum atomic E-state index is 12.5. The number of nitrogens with one attached hydrogen (secondary N) is 1. The van der Waals surface area contributed by atoms with Crippen LogP contribution in [0.3, 0.4) is 0 Å². The second-order valence-corrected chi connectivity index (χ2v) is 6.72. The number of amides is 2. The van der Waals surface area contributed by atoms with Crippen molar-refractivity contribution in [3.8, 4) is 0 Å². The first-order valence-electron chi connectivity index (χ1n) is 9.51. The van der Waals surface area contributed by atoms with E-state index in [-0.39, 0.29) is 23.7 Å². The van der Waals surface area contributed by atoms with Crippen molar-refractivity contribution in [3.05, 3.63) is 65.7 Å². The Bertz CT molecular complexity index is 825. The summed E-state index contributed by atoms with van der Waals surface area (Å²) in [5.74, 6) is -0.565. The van der Waals surface area contributed by atoms with E-state index >= 15 is 0 Å². The largest absolute Gasteiger partial charge is 0.462 e. The maximum absolute atomic E-state index is 12.5. The van der Waals surface area contributed by atoms with Gasteiger partial charge in [0.2, 0.25) is 5.91 Å². The molecule has 0 bridgehead atoms. The number of hydrogen-bond acceptors (Lipinski definition) is 4. The maximum Gasteiger partial charge on any atom is 0.338 e. The molecule has 0 aliphatic carbocycles. The van der Waals surface area contributed by atoms with E-state index in [1.54, 1.807) is 48.2 Å². The molecule has 1 fully saturated rings. The minimum absolute atomic E-state index is 0.00834. The molecule has 2 aromatic rings. The van der Waals surface area contributed by atoms with Crippen LogP contribution in [-0.2, 0) is 9.53 Å². The molecule has 6 heteroatoms. The van der Waals surface area contributed by atoms with Crippen LogP contribution in [0.2, 0.25) is 0 Å². The lowest BCUT2D eigenvalue weighted by Crippen LogP contribution is -2.41. The van der Waals surface area contributed by atoms with Gasteiger partial charge >= 0.3 is 5.97 Å². The van der Waals surface area contributed by atoms with Gasteiger partial charge in [0, 0.05) is 30.3 Å². The van der Waals surface area contributed by atoms with E-state index in [1.807, 2.05) is 18.2 Å². The molecule has 0 aromatic heterocycles. The highest BCUT2D eigenvalue weighted by molar-refractivity contribution is 5.96. The molecule has 1 heterocycles. The monoisotopic (exact) mass is 380 g/mol. The number of rotatable bonds is 5. The molecule has 0 spiro atoms. The Morgan fingerprint density at radius 3 is 2.21 bits per heavy atom. The van der Waals surface area contributed by atoms with Gasteiger partial charge in [0.05, 0.1) is 12.2 Å². The first-order chi connectivity index (χ1) is 13.6. The van der Waals surface area contributed by atoms with Gasteiger partial charge < -0.3 is 15.0 Å². The quantitative estimate of drug-likeness (QED) is 0.807. The van der Waals surface area contributed by atoms with Crippen molar-refractivity contribution in [2.75, 3.05) is 25.0 Å². The van der Waals surface area contributed by atoms with E-state index in [2.05, 4.69) is 5.32 Å². The Labute approximate surface area is 164 Å². The first kappa shape index (κ1) is 19.6. The molecule has 1 N–H and O–H groups in total. The summed E-state index contributed by atoms with van der Waals surface area (Å²) in [6, 6.07) is 15.8. The number of ether oxygens (including phenoxy) is 1. The molecular formula is C22H24N2O4. The predicted octanol–water partition coefficient (Wildman–Crippen LogP) is 3.35. The predicted molar refractivity (Wildman–Crippen MR) is 106 cm³/mol. The highest BCUT2D eigenvalue weighted by Crippen LogP contribution is 2.21. The molecule has 2 amide bonds. The molecular weight excluding hydrogens is 356 g/mol. The van der Waals surface area contributed by atoms with Crippen LogP contribution in [-0.4, -0.2) is 42.4 Å². The summed E-state index contributed by atoms with van der Waals surface area (Å²) < 4.78 is 4.95. The van der Waals surface area contributed by atoms with E-state index < -0.39 is 0 Å². The second kappa shape index (κ2) is 9.17. The van der Waals surface area contributed by atoms with Crippen LogP contribution < -0.4 is 5.32 Å². The minimum atomic E-state index is -0.379. The third kappa shape index (κ3) is 4.76. The lowest BCUT2D eigenvalue weighted by molar-refractivity contribution is -0.121. The summed E-state index contributed by atoms with van der Waals surface area (Å²) in [5, 5.41) is 2.89. The normalized spacial score (nSPS) is 14.4. The number of nitrogens with zero attached hydrogens (tertiary/aromatic N) is 1. The Morgan fingerprint density at radius 2 is 1.61 bits per heavy atom. The van der Waals surface area contributed by atoms with E-state index in [1.165, 1.54) is 0 Å². The molecule has 1 aliphatic heterocycles. The van der Waals surface area contributed by atoms with Crippen LogP contribution in [0.15, 0.2) is 54.6 Å². The number of carbonyl (C=O) groups is 3. The van der Waals surface area contributed by atoms with Crippen molar-refractivity contribution >= 4 is 23.5 Å². The number of anilines is 1. The number of esters is 1. The van der Waals surface area contributed by atoms with E-state index in [0.29, 0.717) is 49.4 Å². The second-order valence-electron chi connectivity index (χ2n) is 6.72. The molecule has 3 rings (SSSR count). The van der Waals surface area contributed by atoms with Crippen molar-refractivity contribution in [1.82, 2.24) is 4.90 Å². The van der Waals surface area contributed by atoms with Gasteiger partial charge in [-0.3, -0.25) is 9.59 Å². The van der Waals surface area contributed by atoms with Gasteiger partial charge in [0.15, 0.2) is 0 Å². The first-order valence-corrected chi connectivity index (χ1v) is 9.51. The fourth-order valence-corrected chi connectivity index (χ4v) is 3.26. The lowest BCUT2D eigenvalue weighted by Gasteiger charge is -2.31. The molecule has 0 radical (unpaired) electrons. The highest BCUT2D eigenvalue weighted by Gasteiger charge is 2.27. The molecule has 146 valence electrons. The van der Waals surface area contributed by atoms with Gasteiger partial charge in [0.25, 0.3) is 5.91 Å². The fourth-order valence-electron chi connectivity index (χ4n) is 3.26. The van der Waals surface area contributed by atoms with E-state index in [4.69, 9.17) is 4.74 Å². The Kier molecular flexibility index (Phi) is 6.42. The topological polar surface area (TPSA) is 75.7 Å². The fraction of sp³-hybridized carbons (Fsp3) is 0.318. The summed E-state index contributed by atoms with van der Waals surface area (Å²) in [6.07, 6.45) is 1.26. The number of piperidine rings is 1. The van der Waals surface area contributed by atoms with E-state index in [0.717, 1.165) is 0 Å². The third-order valence-corrected chi connectivity index (χ3v) is 4.84. The summed E-state index contributed by atoms with van der Waals surface area (Å²) in [7, 11) is 0. The van der Waals surface area contributed by atoms with Crippen LogP contribution in [0, 0.1) is 5.92 Å². The lowest BCUT2D eigenvalue weighted by atomic mass is 9.95. The van der Waals surface area contributed by atoms with Crippen LogP contribution in [0.1, 0.15) is 40.5 Å². The van der Waals surface area contributed by atoms with Crippen molar-refractivity contribution < 1.29 is 19.1 Å². The molecule has 2 aromatic carbocycles. The summed E-state index contributed by atoms with van der Waals surface area (Å²) in [6.45, 7) is 3.20. The minimum Gasteiger partial charge on any atom is -0.462 e. The molecule has 1 saturated heterocycles. The molecule has 6 nitrogen and oxygen atoms in total. The zero-order chi connectivity index (χ0) is 19.9. The number of hydrogen-bond donors (Lipinski definition) is 1. The Balaban J connectivity index is 1.51. The van der Waals surface area contributed by atoms with Crippen molar-refractivity contribution in [1.29, 1.82) is 0 Å². The van der Waals surface area contributed by atoms with Gasteiger partial charge in [-0.25, -0.2) is 4.79 Å². The van der Waals surface area contributed by atoms with Gasteiger partial charge in [-0.15, -0.1) is 0 Å². The van der Waals surface area contributed by atoms with Crippen LogP contribution in [0.5, 0.6) is 0 Å². The molecule has 0 atom stereocenters. The standard InChI is InChI=1S/C22H24N2O4/c1-2-28-22(27)18-8-10-19(11-9-18)23-20(25)16-12-14-24(15-13-16)21(26)17-6-4-3-5-7-17/h3-11,16H,2,12-15H2,1H3,(H,23,25). The van der Waals surface area contributed by atoms with Gasteiger partial charge in [-0.1, -0.05) is 18.2 Å². The zero-order valence-corrected chi connectivity index (χ0v) is 15.9. The van der Waals surface area contributed by atoms with Crippen LogP contribution in [0.25, 0.3) is 0 Å². The Hall–Kier alpha value is -3.15. The summed E-state index contributed by atoms with van der Waals surface area (Å²) in [4.78, 5) is 38.5. The third-order valence-electron chi connectivity index (χ3n) is 4.84. The highest BCUT2D eigenvalue weighted by atomic mass is 16.5. The molecule has 0 saturated carbocycles. The van der Waals surface area contributed by atoms with Gasteiger partial charge in [-0.05, 0) is 56.2 Å². The van der Waals surface area contributed by atoms with Crippen LogP contribution >= 0.6 is 0 Å². The van der Waals surface area contributed by atoms with Crippen molar-refractivity contribution in [2.45, 2.75) is 19.8 Å². The molecule has 0 unspecified atom stereocenters. The summed E-state index contributed by atoms with van der Waals surface area (Å²) in [5.41, 5.74) is 1.76. The average molecular weight is 380 g/mol. The van der Waals surface area contributed by atoms with Crippen molar-refractivity contribution in [2.24, 2.45) is 5.92 Å². The SMILES string of the molecule is CCOC(=O)c1ccc(NC(=O)C2CCN(C(=O)c3ccccc3)CC2)cc1. The number of benzene rings is 2. The summed E-state index contributed by atoms with van der Waals surface area (Å²) >= 11 is 0. The molecule has 28 heavy (non-hydrogen) atoms. The number of likely N-dealkylation sites (tertiary alicyclic amines) is 1. The molecule has 1 aliphatic rings. The zero-order valence-electron chi connectivity index (χ0n) is 15.9. The van der Waals surface area contributed by atoms with Crippen molar-refractivity contribution in [3.63, 3.8) is 0 Å². The van der Waals surface area contributed by atoms with Gasteiger partial charge in [0.1, 0.15) is 0 Å². The number of carbonyl (C=O) groups excluding carboxylic acids is 3. The van der Waals surface area contributed by atoms with Crippen LogP contribution in [0.4, 0.5) is 5.69 Å². The average Bonchev–Trinajstić information content (AvgIpc) is 2.74. The van der Waals surface area contributed by atoms with Gasteiger partial charge in [-0.2, -0.15) is 0 Å². The Morgan fingerprint density at radius 1 is 0.964 bits per heavy atom. The smallest absolute Gasteiger partial charge is 0.338 e.